The maximum Gasteiger partial charge on any atom is 0.250 e. The van der Waals surface area contributed by atoms with Crippen LogP contribution in [0.15, 0.2) is 35.9 Å². The molecule has 0 bridgehead atoms. The van der Waals surface area contributed by atoms with Crippen molar-refractivity contribution >= 4 is 45.7 Å². The van der Waals surface area contributed by atoms with E-state index < -0.39 is 0 Å². The molecule has 21 heavy (non-hydrogen) atoms. The van der Waals surface area contributed by atoms with Crippen LogP contribution in [0.1, 0.15) is 11.4 Å². The second-order valence-electron chi connectivity index (χ2n) is 4.33. The molecular formula is C14H11ClN4OS. The molecule has 0 spiro atoms. The third-order valence-corrected chi connectivity index (χ3v) is 3.92. The minimum atomic E-state index is -0.258. The zero-order valence-corrected chi connectivity index (χ0v) is 12.6. The number of imidazole rings is 1. The van der Waals surface area contributed by atoms with E-state index in [2.05, 4.69) is 15.3 Å². The monoisotopic (exact) mass is 318 g/mol. The fourth-order valence-corrected chi connectivity index (χ4v) is 2.78. The van der Waals surface area contributed by atoms with Gasteiger partial charge in [0.05, 0.1) is 11.4 Å². The van der Waals surface area contributed by atoms with Crippen LogP contribution in [-0.4, -0.2) is 20.3 Å². The van der Waals surface area contributed by atoms with E-state index in [1.54, 1.807) is 6.08 Å². The summed E-state index contributed by atoms with van der Waals surface area (Å²) in [6.07, 6.45) is 4.90. The summed E-state index contributed by atoms with van der Waals surface area (Å²) in [6.45, 7) is 1.88. The number of fused-ring (bicyclic) bond motifs is 1. The fourth-order valence-electron chi connectivity index (χ4n) is 1.85. The Morgan fingerprint density at radius 1 is 1.43 bits per heavy atom. The van der Waals surface area contributed by atoms with Gasteiger partial charge in [-0.15, -0.1) is 11.3 Å². The van der Waals surface area contributed by atoms with Crippen LogP contribution in [0.5, 0.6) is 0 Å². The lowest BCUT2D eigenvalue weighted by atomic mass is 10.4. The van der Waals surface area contributed by atoms with Crippen LogP contribution < -0.4 is 5.32 Å². The molecule has 3 heterocycles. The maximum absolute atomic E-state index is 11.9. The topological polar surface area (TPSA) is 59.3 Å². The van der Waals surface area contributed by atoms with Crippen LogP contribution in [0.25, 0.3) is 11.7 Å². The number of thiazole rings is 1. The summed E-state index contributed by atoms with van der Waals surface area (Å²) >= 11 is 7.48. The molecule has 1 amide bonds. The Labute approximate surface area is 129 Å². The van der Waals surface area contributed by atoms with E-state index in [9.17, 15) is 4.79 Å². The second kappa shape index (κ2) is 5.67. The van der Waals surface area contributed by atoms with Crippen LogP contribution in [0.4, 0.5) is 5.13 Å². The van der Waals surface area contributed by atoms with Crippen molar-refractivity contribution in [1.29, 1.82) is 0 Å². The molecule has 106 valence electrons. The van der Waals surface area contributed by atoms with Gasteiger partial charge in [0.15, 0.2) is 10.3 Å². The standard InChI is InChI=1S/C14H11ClN4OS/c1-9-8-21-14(16-9)18-12(20)6-5-10-13(15)17-11-4-2-3-7-19(10)11/h2-8H,1H3,(H,16,18,20)/b6-5+. The van der Waals surface area contributed by atoms with Gasteiger partial charge in [-0.1, -0.05) is 17.7 Å². The molecule has 3 rings (SSSR count). The average Bonchev–Trinajstić information content (AvgIpc) is 2.99. The fraction of sp³-hybridized carbons (Fsp3) is 0.0714. The summed E-state index contributed by atoms with van der Waals surface area (Å²) in [5.74, 6) is -0.258. The number of rotatable bonds is 3. The number of hydrogen-bond acceptors (Lipinski definition) is 4. The Kier molecular flexibility index (Phi) is 3.72. The zero-order chi connectivity index (χ0) is 14.8. The number of carbonyl (C=O) groups is 1. The Balaban J connectivity index is 1.81. The molecule has 0 aliphatic rings. The lowest BCUT2D eigenvalue weighted by Crippen LogP contribution is -2.07. The molecule has 0 saturated heterocycles. The molecule has 0 aromatic carbocycles. The minimum absolute atomic E-state index is 0.258. The van der Waals surface area contributed by atoms with Crippen molar-refractivity contribution in [2.45, 2.75) is 6.92 Å². The number of nitrogens with zero attached hydrogens (tertiary/aromatic N) is 3. The third kappa shape index (κ3) is 2.96. The Hall–Kier alpha value is -2.18. The molecule has 0 aliphatic heterocycles. The van der Waals surface area contributed by atoms with Gasteiger partial charge in [0.25, 0.3) is 0 Å². The van der Waals surface area contributed by atoms with Gasteiger partial charge >= 0.3 is 0 Å². The van der Waals surface area contributed by atoms with Gasteiger partial charge < -0.3 is 0 Å². The van der Waals surface area contributed by atoms with Crippen LogP contribution in [0, 0.1) is 6.92 Å². The highest BCUT2D eigenvalue weighted by Gasteiger charge is 2.07. The van der Waals surface area contributed by atoms with Crippen molar-refractivity contribution in [1.82, 2.24) is 14.4 Å². The largest absolute Gasteiger partial charge is 0.299 e. The summed E-state index contributed by atoms with van der Waals surface area (Å²) in [5, 5.41) is 5.51. The van der Waals surface area contributed by atoms with Crippen LogP contribution >= 0.6 is 22.9 Å². The van der Waals surface area contributed by atoms with Gasteiger partial charge in [0.2, 0.25) is 5.91 Å². The van der Waals surface area contributed by atoms with Crippen LogP contribution in [0.3, 0.4) is 0 Å². The highest BCUT2D eigenvalue weighted by Crippen LogP contribution is 2.19. The molecule has 3 aromatic heterocycles. The molecule has 1 N–H and O–H groups in total. The van der Waals surface area contributed by atoms with Gasteiger partial charge in [-0.2, -0.15) is 0 Å². The van der Waals surface area contributed by atoms with Gasteiger partial charge in [0.1, 0.15) is 5.65 Å². The molecule has 0 saturated carbocycles. The van der Waals surface area contributed by atoms with Gasteiger partial charge in [-0.3, -0.25) is 14.5 Å². The lowest BCUT2D eigenvalue weighted by Gasteiger charge is -1.97. The quantitative estimate of drug-likeness (QED) is 0.753. The van der Waals surface area contributed by atoms with E-state index in [4.69, 9.17) is 11.6 Å². The molecular weight excluding hydrogens is 308 g/mol. The first-order chi connectivity index (χ1) is 10.1. The van der Waals surface area contributed by atoms with Crippen LogP contribution in [0.2, 0.25) is 5.15 Å². The summed E-state index contributed by atoms with van der Waals surface area (Å²) in [4.78, 5) is 20.2. The molecule has 7 heteroatoms. The van der Waals surface area contributed by atoms with Crippen molar-refractivity contribution in [2.24, 2.45) is 0 Å². The van der Waals surface area contributed by atoms with E-state index in [0.29, 0.717) is 16.0 Å². The number of halogens is 1. The molecule has 0 aliphatic carbocycles. The highest BCUT2D eigenvalue weighted by atomic mass is 35.5. The molecule has 3 aromatic rings. The van der Waals surface area contributed by atoms with E-state index in [-0.39, 0.29) is 5.91 Å². The normalized spacial score (nSPS) is 11.3. The molecule has 0 atom stereocenters. The van der Waals surface area contributed by atoms with E-state index in [1.165, 1.54) is 17.4 Å². The Morgan fingerprint density at radius 3 is 3.05 bits per heavy atom. The van der Waals surface area contributed by atoms with Crippen molar-refractivity contribution in [3.05, 3.63) is 52.4 Å². The summed E-state index contributed by atoms with van der Waals surface area (Å²) in [6, 6.07) is 5.60. The summed E-state index contributed by atoms with van der Waals surface area (Å²) in [7, 11) is 0. The number of aryl methyl sites for hydroxylation is 1. The molecule has 0 unspecified atom stereocenters. The summed E-state index contributed by atoms with van der Waals surface area (Å²) < 4.78 is 1.82. The van der Waals surface area contributed by atoms with Crippen molar-refractivity contribution < 1.29 is 4.79 Å². The molecule has 0 radical (unpaired) electrons. The SMILES string of the molecule is Cc1csc(NC(=O)/C=C/c2c(Cl)nc3ccccn23)n1. The van der Waals surface area contributed by atoms with E-state index >= 15 is 0 Å². The number of aromatic nitrogens is 3. The Bertz CT molecular complexity index is 836. The maximum atomic E-state index is 11.9. The van der Waals surface area contributed by atoms with Crippen molar-refractivity contribution in [3.8, 4) is 0 Å². The minimum Gasteiger partial charge on any atom is -0.299 e. The first-order valence-electron chi connectivity index (χ1n) is 6.17. The number of pyridine rings is 1. The van der Waals surface area contributed by atoms with Crippen molar-refractivity contribution in [2.75, 3.05) is 5.32 Å². The number of carbonyl (C=O) groups excluding carboxylic acids is 1. The number of anilines is 1. The Morgan fingerprint density at radius 2 is 2.29 bits per heavy atom. The van der Waals surface area contributed by atoms with E-state index in [0.717, 1.165) is 11.3 Å². The van der Waals surface area contributed by atoms with Gasteiger partial charge in [0, 0.05) is 17.7 Å². The first kappa shape index (κ1) is 13.8. The number of nitrogens with one attached hydrogen (secondary N) is 1. The third-order valence-electron chi connectivity index (χ3n) is 2.76. The first-order valence-corrected chi connectivity index (χ1v) is 7.43. The summed E-state index contributed by atoms with van der Waals surface area (Å²) in [5.41, 5.74) is 2.28. The highest BCUT2D eigenvalue weighted by molar-refractivity contribution is 7.13. The van der Waals surface area contributed by atoms with Crippen molar-refractivity contribution in [3.63, 3.8) is 0 Å². The predicted octanol–water partition coefficient (Wildman–Crippen LogP) is 3.40. The van der Waals surface area contributed by atoms with Crippen LogP contribution in [-0.2, 0) is 4.79 Å². The van der Waals surface area contributed by atoms with Gasteiger partial charge in [-0.25, -0.2) is 9.97 Å². The molecule has 5 nitrogen and oxygen atoms in total. The smallest absolute Gasteiger partial charge is 0.250 e. The number of amides is 1. The lowest BCUT2D eigenvalue weighted by molar-refractivity contribution is -0.111. The molecule has 0 fully saturated rings. The predicted molar refractivity (Wildman–Crippen MR) is 84.7 cm³/mol. The second-order valence-corrected chi connectivity index (χ2v) is 5.55. The average molecular weight is 319 g/mol. The van der Waals surface area contributed by atoms with Gasteiger partial charge in [-0.05, 0) is 25.1 Å². The van der Waals surface area contributed by atoms with E-state index in [1.807, 2.05) is 41.1 Å². The zero-order valence-electron chi connectivity index (χ0n) is 11.1. The number of hydrogen-bond donors (Lipinski definition) is 1.